The van der Waals surface area contributed by atoms with Crippen molar-refractivity contribution >= 4 is 17.3 Å². The first-order valence-corrected chi connectivity index (χ1v) is 8.75. The van der Waals surface area contributed by atoms with E-state index in [1.165, 1.54) is 32.1 Å². The van der Waals surface area contributed by atoms with Gasteiger partial charge in [-0.15, -0.1) is 11.3 Å². The van der Waals surface area contributed by atoms with E-state index in [1.807, 2.05) is 6.92 Å². The van der Waals surface area contributed by atoms with Crippen molar-refractivity contribution < 1.29 is 0 Å². The molecule has 1 fully saturated rings. The van der Waals surface area contributed by atoms with Crippen LogP contribution < -0.4 is 5.32 Å². The Balaban J connectivity index is 1.81. The van der Waals surface area contributed by atoms with Crippen LogP contribution in [0.15, 0.2) is 11.6 Å². The minimum absolute atomic E-state index is 0.232. The molecule has 0 saturated heterocycles. The van der Waals surface area contributed by atoms with Gasteiger partial charge in [-0.2, -0.15) is 0 Å². The summed E-state index contributed by atoms with van der Waals surface area (Å²) in [6.07, 6.45) is 8.69. The Hall–Kier alpha value is -1.36. The van der Waals surface area contributed by atoms with E-state index >= 15 is 0 Å². The first-order valence-electron chi connectivity index (χ1n) is 7.87. The summed E-state index contributed by atoms with van der Waals surface area (Å²) >= 11 is 1.73. The van der Waals surface area contributed by atoms with Crippen molar-refractivity contribution in [2.75, 3.05) is 5.32 Å². The van der Waals surface area contributed by atoms with Gasteiger partial charge in [0.1, 0.15) is 5.01 Å². The third kappa shape index (κ3) is 3.28. The number of imidazole rings is 1. The van der Waals surface area contributed by atoms with Gasteiger partial charge in [-0.3, -0.25) is 0 Å². The molecule has 114 valence electrons. The predicted molar refractivity (Wildman–Crippen MR) is 88.1 cm³/mol. The Morgan fingerprint density at radius 2 is 1.95 bits per heavy atom. The van der Waals surface area contributed by atoms with Crippen LogP contribution in [0.2, 0.25) is 0 Å². The number of nitrogens with one attached hydrogen (secondary N) is 1. The number of aromatic nitrogens is 3. The van der Waals surface area contributed by atoms with Gasteiger partial charge in [0, 0.05) is 23.3 Å². The van der Waals surface area contributed by atoms with Gasteiger partial charge < -0.3 is 9.88 Å². The number of hydrogen-bond acceptors (Lipinski definition) is 4. The highest BCUT2D eigenvalue weighted by Crippen LogP contribution is 2.27. The molecule has 1 aliphatic rings. The van der Waals surface area contributed by atoms with Crippen LogP contribution in [0.3, 0.4) is 0 Å². The molecule has 1 unspecified atom stereocenters. The van der Waals surface area contributed by atoms with Crippen LogP contribution in [0.25, 0.3) is 0 Å². The molecule has 3 rings (SSSR count). The predicted octanol–water partition coefficient (Wildman–Crippen LogP) is 4.31. The molecule has 0 bridgehead atoms. The molecule has 1 N–H and O–H groups in total. The number of rotatable bonds is 4. The monoisotopic (exact) mass is 304 g/mol. The minimum Gasteiger partial charge on any atom is -0.353 e. The minimum atomic E-state index is 0.232. The van der Waals surface area contributed by atoms with E-state index in [0.717, 1.165) is 22.3 Å². The zero-order valence-electron chi connectivity index (χ0n) is 13.1. The summed E-state index contributed by atoms with van der Waals surface area (Å²) in [7, 11) is 0. The van der Waals surface area contributed by atoms with Crippen molar-refractivity contribution in [1.29, 1.82) is 0 Å². The molecule has 0 spiro atoms. The molecule has 4 nitrogen and oxygen atoms in total. The number of anilines is 1. The zero-order valence-corrected chi connectivity index (χ0v) is 13.9. The summed E-state index contributed by atoms with van der Waals surface area (Å²) in [5.74, 6) is 1.000. The van der Waals surface area contributed by atoms with Gasteiger partial charge >= 0.3 is 0 Å². The zero-order chi connectivity index (χ0) is 14.8. The molecule has 2 aromatic heterocycles. The van der Waals surface area contributed by atoms with Crippen molar-refractivity contribution in [2.24, 2.45) is 0 Å². The standard InChI is InChI=1S/C16H24N4S/c1-11-9-20(13(3)15-17-12(2)10-21-15)16(18-11)19-14-7-5-4-6-8-14/h9-10,13-14H,4-8H2,1-3H3,(H,18,19). The van der Waals surface area contributed by atoms with Crippen molar-refractivity contribution in [3.05, 3.63) is 28.0 Å². The number of hydrogen-bond donors (Lipinski definition) is 1. The summed E-state index contributed by atoms with van der Waals surface area (Å²) in [6, 6.07) is 0.806. The van der Waals surface area contributed by atoms with Crippen LogP contribution >= 0.6 is 11.3 Å². The molecule has 0 radical (unpaired) electrons. The summed E-state index contributed by atoms with van der Waals surface area (Å²) in [5, 5.41) is 6.92. The van der Waals surface area contributed by atoms with Gasteiger partial charge in [-0.25, -0.2) is 9.97 Å². The fraction of sp³-hybridized carbons (Fsp3) is 0.625. The molecule has 0 aliphatic heterocycles. The van der Waals surface area contributed by atoms with Crippen LogP contribution in [0.5, 0.6) is 0 Å². The topological polar surface area (TPSA) is 42.7 Å². The summed E-state index contributed by atoms with van der Waals surface area (Å²) < 4.78 is 2.24. The molecule has 0 amide bonds. The van der Waals surface area contributed by atoms with Crippen LogP contribution in [0, 0.1) is 13.8 Å². The summed E-state index contributed by atoms with van der Waals surface area (Å²) in [6.45, 7) is 6.31. The van der Waals surface area contributed by atoms with Gasteiger partial charge in [0.25, 0.3) is 0 Å². The molecule has 1 saturated carbocycles. The Morgan fingerprint density at radius 1 is 1.19 bits per heavy atom. The average molecular weight is 304 g/mol. The van der Waals surface area contributed by atoms with Crippen molar-refractivity contribution in [3.63, 3.8) is 0 Å². The van der Waals surface area contributed by atoms with Gasteiger partial charge in [0.15, 0.2) is 0 Å². The normalized spacial score (nSPS) is 17.9. The summed E-state index contributed by atoms with van der Waals surface area (Å²) in [4.78, 5) is 9.31. The van der Waals surface area contributed by atoms with E-state index in [2.05, 4.69) is 45.3 Å². The molecular weight excluding hydrogens is 280 g/mol. The second-order valence-corrected chi connectivity index (χ2v) is 6.99. The van der Waals surface area contributed by atoms with Crippen LogP contribution in [0.1, 0.15) is 61.5 Å². The molecule has 2 aromatic rings. The smallest absolute Gasteiger partial charge is 0.203 e. The van der Waals surface area contributed by atoms with Crippen LogP contribution in [-0.2, 0) is 0 Å². The lowest BCUT2D eigenvalue weighted by molar-refractivity contribution is 0.458. The lowest BCUT2D eigenvalue weighted by Gasteiger charge is -2.24. The number of thiazole rings is 1. The fourth-order valence-electron chi connectivity index (χ4n) is 3.03. The van der Waals surface area contributed by atoms with E-state index in [-0.39, 0.29) is 6.04 Å². The summed E-state index contributed by atoms with van der Waals surface area (Å²) in [5.41, 5.74) is 2.16. The molecule has 0 aromatic carbocycles. The highest BCUT2D eigenvalue weighted by molar-refractivity contribution is 7.09. The number of aryl methyl sites for hydroxylation is 2. The first-order chi connectivity index (χ1) is 10.1. The van der Waals surface area contributed by atoms with Gasteiger partial charge in [-0.1, -0.05) is 19.3 Å². The highest BCUT2D eigenvalue weighted by atomic mass is 32.1. The second-order valence-electron chi connectivity index (χ2n) is 6.10. The van der Waals surface area contributed by atoms with E-state index in [9.17, 15) is 0 Å². The molecule has 5 heteroatoms. The number of nitrogens with zero attached hydrogens (tertiary/aromatic N) is 3. The van der Waals surface area contributed by atoms with Crippen molar-refractivity contribution in [1.82, 2.24) is 14.5 Å². The first kappa shape index (κ1) is 14.6. The maximum absolute atomic E-state index is 4.69. The quantitative estimate of drug-likeness (QED) is 0.915. The third-order valence-electron chi connectivity index (χ3n) is 4.20. The fourth-order valence-corrected chi connectivity index (χ4v) is 3.88. The van der Waals surface area contributed by atoms with Crippen LogP contribution in [0.4, 0.5) is 5.95 Å². The molecule has 2 heterocycles. The van der Waals surface area contributed by atoms with E-state index < -0.39 is 0 Å². The largest absolute Gasteiger partial charge is 0.353 e. The van der Waals surface area contributed by atoms with E-state index in [1.54, 1.807) is 11.3 Å². The highest BCUT2D eigenvalue weighted by Gasteiger charge is 2.20. The molecular formula is C16H24N4S. The van der Waals surface area contributed by atoms with Crippen LogP contribution in [-0.4, -0.2) is 20.6 Å². The SMILES string of the molecule is Cc1csc(C(C)n2cc(C)nc2NC2CCCCC2)n1. The Bertz CT molecular complexity index is 595. The maximum atomic E-state index is 4.69. The maximum Gasteiger partial charge on any atom is 0.203 e. The molecule has 1 atom stereocenters. The lowest BCUT2D eigenvalue weighted by Crippen LogP contribution is -2.25. The van der Waals surface area contributed by atoms with Gasteiger partial charge in [0.05, 0.1) is 11.7 Å². The molecule has 21 heavy (non-hydrogen) atoms. The Morgan fingerprint density at radius 3 is 2.62 bits per heavy atom. The van der Waals surface area contributed by atoms with Crippen molar-refractivity contribution in [3.8, 4) is 0 Å². The van der Waals surface area contributed by atoms with Gasteiger partial charge in [0.2, 0.25) is 5.95 Å². The van der Waals surface area contributed by atoms with E-state index in [4.69, 9.17) is 0 Å². The Kier molecular flexibility index (Phi) is 4.29. The Labute approximate surface area is 130 Å². The van der Waals surface area contributed by atoms with Gasteiger partial charge in [-0.05, 0) is 33.6 Å². The lowest BCUT2D eigenvalue weighted by atomic mass is 9.96. The third-order valence-corrected chi connectivity index (χ3v) is 5.34. The second kappa shape index (κ2) is 6.18. The average Bonchev–Trinajstić information content (AvgIpc) is 3.05. The molecule has 1 aliphatic carbocycles. The van der Waals surface area contributed by atoms with Crippen molar-refractivity contribution in [2.45, 2.75) is 65.0 Å². The van der Waals surface area contributed by atoms with E-state index in [0.29, 0.717) is 6.04 Å².